The fourth-order valence-corrected chi connectivity index (χ4v) is 1.20. The predicted molar refractivity (Wildman–Crippen MR) is 54.1 cm³/mol. The van der Waals surface area contributed by atoms with Crippen LogP contribution in [0.25, 0.3) is 0 Å². The van der Waals surface area contributed by atoms with E-state index < -0.39 is 0 Å². The number of morpholine rings is 1. The van der Waals surface area contributed by atoms with E-state index in [0.29, 0.717) is 19.7 Å². The molecule has 2 atom stereocenters. The average Bonchev–Trinajstić information content (AvgIpc) is 2.26. The zero-order valence-electron chi connectivity index (χ0n) is 8.80. The van der Waals surface area contributed by atoms with Crippen molar-refractivity contribution in [1.29, 1.82) is 0 Å². The van der Waals surface area contributed by atoms with E-state index in [0.717, 1.165) is 6.54 Å². The average molecular weight is 201 g/mol. The summed E-state index contributed by atoms with van der Waals surface area (Å²) in [5, 5.41) is 9.00. The van der Waals surface area contributed by atoms with Crippen LogP contribution in [0.2, 0.25) is 0 Å². The number of amides is 1. The van der Waals surface area contributed by atoms with Crippen LogP contribution in [0.5, 0.6) is 0 Å². The molecule has 1 unspecified atom stereocenters. The molecule has 0 aliphatic carbocycles. The number of carbonyl (C=O) groups is 1. The number of hydrogen-bond acceptors (Lipinski definition) is 4. The van der Waals surface area contributed by atoms with Crippen molar-refractivity contribution in [2.24, 2.45) is 0 Å². The molecule has 82 valence electrons. The molecule has 1 amide bonds. The van der Waals surface area contributed by atoms with Crippen molar-refractivity contribution in [2.45, 2.75) is 19.1 Å². The second kappa shape index (κ2) is 5.95. The van der Waals surface area contributed by atoms with Gasteiger partial charge in [-0.05, 0) is 14.0 Å². The minimum Gasteiger partial charge on any atom is -0.366 e. The number of carbonyl (C=O) groups excluding carboxylic acids is 1. The van der Waals surface area contributed by atoms with Gasteiger partial charge >= 0.3 is 0 Å². The maximum atomic E-state index is 11.5. The first kappa shape index (κ1) is 11.4. The Kier molecular flexibility index (Phi) is 4.86. The van der Waals surface area contributed by atoms with E-state index >= 15 is 0 Å². The van der Waals surface area contributed by atoms with Crippen molar-refractivity contribution in [3.8, 4) is 0 Å². The van der Waals surface area contributed by atoms with Crippen LogP contribution in [0.15, 0.2) is 0 Å². The van der Waals surface area contributed by atoms with E-state index in [-0.39, 0.29) is 18.1 Å². The van der Waals surface area contributed by atoms with Crippen molar-refractivity contribution in [2.75, 3.05) is 33.3 Å². The van der Waals surface area contributed by atoms with Crippen LogP contribution in [0.4, 0.5) is 0 Å². The molecule has 0 aromatic rings. The third kappa shape index (κ3) is 3.61. The lowest BCUT2D eigenvalue weighted by atomic mass is 10.2. The molecule has 1 aliphatic heterocycles. The Balaban J connectivity index is 2.19. The van der Waals surface area contributed by atoms with E-state index in [1.54, 1.807) is 0 Å². The van der Waals surface area contributed by atoms with Crippen molar-refractivity contribution < 1.29 is 9.53 Å². The molecular weight excluding hydrogens is 182 g/mol. The Hall–Kier alpha value is -0.650. The number of likely N-dealkylation sites (N-methyl/N-ethyl adjacent to an activating group) is 1. The molecule has 1 fully saturated rings. The third-order valence-electron chi connectivity index (χ3n) is 2.30. The SMILES string of the molecule is CNC(C)CNC(=O)[C@H]1CNCCO1. The van der Waals surface area contributed by atoms with Crippen molar-refractivity contribution in [3.63, 3.8) is 0 Å². The molecule has 0 bridgehead atoms. The smallest absolute Gasteiger partial charge is 0.250 e. The number of rotatable bonds is 4. The quantitative estimate of drug-likeness (QED) is 0.529. The molecule has 14 heavy (non-hydrogen) atoms. The van der Waals surface area contributed by atoms with Crippen LogP contribution in [0, 0.1) is 0 Å². The summed E-state index contributed by atoms with van der Waals surface area (Å²) in [6.07, 6.45) is -0.326. The lowest BCUT2D eigenvalue weighted by molar-refractivity contribution is -0.134. The first-order valence-corrected chi connectivity index (χ1v) is 5.01. The zero-order valence-corrected chi connectivity index (χ0v) is 8.80. The van der Waals surface area contributed by atoms with Gasteiger partial charge in [0.2, 0.25) is 0 Å². The fraction of sp³-hybridized carbons (Fsp3) is 0.889. The monoisotopic (exact) mass is 201 g/mol. The highest BCUT2D eigenvalue weighted by Gasteiger charge is 2.21. The summed E-state index contributed by atoms with van der Waals surface area (Å²) in [4.78, 5) is 11.5. The maximum Gasteiger partial charge on any atom is 0.250 e. The van der Waals surface area contributed by atoms with Crippen LogP contribution in [-0.4, -0.2) is 51.3 Å². The Labute approximate surface area is 84.6 Å². The van der Waals surface area contributed by atoms with E-state index in [4.69, 9.17) is 4.74 Å². The van der Waals surface area contributed by atoms with E-state index in [9.17, 15) is 4.79 Å². The second-order valence-electron chi connectivity index (χ2n) is 3.50. The zero-order chi connectivity index (χ0) is 10.4. The summed E-state index contributed by atoms with van der Waals surface area (Å²) in [6.45, 7) is 4.70. The van der Waals surface area contributed by atoms with Crippen LogP contribution >= 0.6 is 0 Å². The first-order valence-electron chi connectivity index (χ1n) is 5.01. The normalized spacial score (nSPS) is 24.3. The summed E-state index contributed by atoms with van der Waals surface area (Å²) in [5.74, 6) is -0.0284. The second-order valence-corrected chi connectivity index (χ2v) is 3.50. The largest absolute Gasteiger partial charge is 0.366 e. The van der Waals surface area contributed by atoms with Gasteiger partial charge in [0.1, 0.15) is 6.10 Å². The lowest BCUT2D eigenvalue weighted by Gasteiger charge is -2.23. The molecule has 1 aliphatic rings. The van der Waals surface area contributed by atoms with Gasteiger partial charge < -0.3 is 20.7 Å². The molecule has 1 saturated heterocycles. The van der Waals surface area contributed by atoms with Crippen LogP contribution in [-0.2, 0) is 9.53 Å². The molecule has 0 spiro atoms. The number of nitrogens with one attached hydrogen (secondary N) is 3. The van der Waals surface area contributed by atoms with Gasteiger partial charge in [0, 0.05) is 25.7 Å². The predicted octanol–water partition coefficient (Wildman–Crippen LogP) is -1.30. The molecule has 0 saturated carbocycles. The van der Waals surface area contributed by atoms with Gasteiger partial charge in [-0.2, -0.15) is 0 Å². The topological polar surface area (TPSA) is 62.4 Å². The first-order chi connectivity index (χ1) is 6.74. The van der Waals surface area contributed by atoms with Gasteiger partial charge in [-0.3, -0.25) is 4.79 Å². The summed E-state index contributed by atoms with van der Waals surface area (Å²) in [5.41, 5.74) is 0. The van der Waals surface area contributed by atoms with Crippen molar-refractivity contribution in [3.05, 3.63) is 0 Å². The minimum absolute atomic E-state index is 0.0284. The molecule has 1 rings (SSSR count). The van der Waals surface area contributed by atoms with Gasteiger partial charge in [0.25, 0.3) is 5.91 Å². The molecular formula is C9H19N3O2. The Morgan fingerprint density at radius 3 is 3.07 bits per heavy atom. The van der Waals surface area contributed by atoms with Crippen LogP contribution in [0.3, 0.4) is 0 Å². The van der Waals surface area contributed by atoms with Gasteiger partial charge in [-0.1, -0.05) is 0 Å². The summed E-state index contributed by atoms with van der Waals surface area (Å²) >= 11 is 0. The molecule has 0 aromatic carbocycles. The van der Waals surface area contributed by atoms with Crippen molar-refractivity contribution >= 4 is 5.91 Å². The number of hydrogen-bond donors (Lipinski definition) is 3. The molecule has 3 N–H and O–H groups in total. The summed E-state index contributed by atoms with van der Waals surface area (Å²) < 4.78 is 5.31. The molecule has 0 aromatic heterocycles. The Morgan fingerprint density at radius 2 is 2.50 bits per heavy atom. The molecule has 0 radical (unpaired) electrons. The van der Waals surface area contributed by atoms with E-state index in [1.165, 1.54) is 0 Å². The van der Waals surface area contributed by atoms with Gasteiger partial charge in [0.15, 0.2) is 0 Å². The van der Waals surface area contributed by atoms with Crippen molar-refractivity contribution in [1.82, 2.24) is 16.0 Å². The standard InChI is InChI=1S/C9H19N3O2/c1-7(10-2)5-12-9(13)8-6-11-3-4-14-8/h7-8,10-11H,3-6H2,1-2H3,(H,12,13)/t7?,8-/m1/s1. The van der Waals surface area contributed by atoms with Gasteiger partial charge in [-0.15, -0.1) is 0 Å². The highest BCUT2D eigenvalue weighted by Crippen LogP contribution is 1.95. The lowest BCUT2D eigenvalue weighted by Crippen LogP contribution is -2.49. The fourth-order valence-electron chi connectivity index (χ4n) is 1.20. The van der Waals surface area contributed by atoms with Gasteiger partial charge in [0.05, 0.1) is 6.61 Å². The Morgan fingerprint density at radius 1 is 1.71 bits per heavy atom. The maximum absolute atomic E-state index is 11.5. The van der Waals surface area contributed by atoms with Crippen LogP contribution < -0.4 is 16.0 Å². The Bertz CT molecular complexity index is 181. The molecule has 5 nitrogen and oxygen atoms in total. The summed E-state index contributed by atoms with van der Waals surface area (Å²) in [7, 11) is 1.87. The molecule has 1 heterocycles. The number of ether oxygens (including phenoxy) is 1. The summed E-state index contributed by atoms with van der Waals surface area (Å²) in [6, 6.07) is 0.287. The van der Waals surface area contributed by atoms with Gasteiger partial charge in [-0.25, -0.2) is 0 Å². The molecule has 5 heteroatoms. The van der Waals surface area contributed by atoms with E-state index in [2.05, 4.69) is 16.0 Å². The third-order valence-corrected chi connectivity index (χ3v) is 2.30. The van der Waals surface area contributed by atoms with Crippen LogP contribution in [0.1, 0.15) is 6.92 Å². The highest BCUT2D eigenvalue weighted by molar-refractivity contribution is 5.81. The minimum atomic E-state index is -0.326. The highest BCUT2D eigenvalue weighted by atomic mass is 16.5. The van der Waals surface area contributed by atoms with E-state index in [1.807, 2.05) is 14.0 Å².